The lowest BCUT2D eigenvalue weighted by atomic mass is 9.62. The summed E-state index contributed by atoms with van der Waals surface area (Å²) >= 11 is 13.0. The van der Waals surface area contributed by atoms with Crippen molar-refractivity contribution in [1.29, 1.82) is 0 Å². The summed E-state index contributed by atoms with van der Waals surface area (Å²) in [6, 6.07) is 18.1. The van der Waals surface area contributed by atoms with Gasteiger partial charge in [0, 0.05) is 39.7 Å². The molecule has 220 valence electrons. The van der Waals surface area contributed by atoms with Crippen molar-refractivity contribution in [1.82, 2.24) is 4.90 Å². The van der Waals surface area contributed by atoms with Gasteiger partial charge in [-0.15, -0.1) is 0 Å². The number of anilines is 2. The van der Waals surface area contributed by atoms with Crippen LogP contribution in [-0.4, -0.2) is 54.3 Å². The van der Waals surface area contributed by atoms with Gasteiger partial charge in [-0.2, -0.15) is 0 Å². The number of ether oxygens (including phenoxy) is 1. The number of carbonyl (C=O) groups is 2. The van der Waals surface area contributed by atoms with Crippen LogP contribution in [0.1, 0.15) is 61.0 Å². The van der Waals surface area contributed by atoms with E-state index in [4.69, 9.17) is 27.9 Å². The number of carboxylic acid groups (broad SMARTS) is 1. The van der Waals surface area contributed by atoms with Crippen LogP contribution in [-0.2, 0) is 10.2 Å². The summed E-state index contributed by atoms with van der Waals surface area (Å²) in [5.74, 6) is -0.942. The van der Waals surface area contributed by atoms with E-state index in [-0.39, 0.29) is 28.8 Å². The van der Waals surface area contributed by atoms with Gasteiger partial charge >= 0.3 is 5.97 Å². The van der Waals surface area contributed by atoms with Gasteiger partial charge in [0.15, 0.2) is 0 Å². The van der Waals surface area contributed by atoms with Gasteiger partial charge in [-0.25, -0.2) is 4.79 Å². The molecule has 42 heavy (non-hydrogen) atoms. The number of aromatic carboxylic acids is 1. The van der Waals surface area contributed by atoms with Gasteiger partial charge in [0.1, 0.15) is 5.75 Å². The average Bonchev–Trinajstić information content (AvgIpc) is 3.58. The zero-order valence-electron chi connectivity index (χ0n) is 24.2. The number of amides is 1. The minimum absolute atomic E-state index is 0.00888. The van der Waals surface area contributed by atoms with Gasteiger partial charge in [0.05, 0.1) is 31.1 Å². The van der Waals surface area contributed by atoms with E-state index in [1.807, 2.05) is 30.3 Å². The normalized spacial score (nSPS) is 25.0. The minimum Gasteiger partial charge on any atom is -0.495 e. The molecule has 0 aromatic heterocycles. The van der Waals surface area contributed by atoms with Crippen LogP contribution in [0, 0.1) is 5.41 Å². The topological polar surface area (TPSA) is 82.1 Å². The number of carboxylic acids is 1. The average molecular weight is 609 g/mol. The second kappa shape index (κ2) is 10.5. The fraction of sp³-hybridized carbons (Fsp3) is 0.394. The van der Waals surface area contributed by atoms with Crippen LogP contribution in [0.15, 0.2) is 60.7 Å². The highest BCUT2D eigenvalue weighted by atomic mass is 35.5. The Hall–Kier alpha value is -3.26. The third-order valence-corrected chi connectivity index (χ3v) is 10.2. The molecule has 3 aromatic rings. The quantitative estimate of drug-likeness (QED) is 0.300. The molecule has 3 heterocycles. The van der Waals surface area contributed by atoms with Gasteiger partial charge in [-0.3, -0.25) is 14.6 Å². The molecule has 9 heteroatoms. The lowest BCUT2D eigenvalue weighted by molar-refractivity contribution is -0.119. The number of nitrogens with zero attached hydrogens (tertiary/aromatic N) is 2. The second-order valence-corrected chi connectivity index (χ2v) is 13.3. The largest absolute Gasteiger partial charge is 0.495 e. The molecular formula is C33H35Cl2N3O4. The van der Waals surface area contributed by atoms with E-state index in [9.17, 15) is 14.7 Å². The Labute approximate surface area is 256 Å². The third kappa shape index (κ3) is 4.45. The summed E-state index contributed by atoms with van der Waals surface area (Å²) in [6.45, 7) is 7.82. The van der Waals surface area contributed by atoms with Crippen LogP contribution >= 0.6 is 23.2 Å². The monoisotopic (exact) mass is 607 g/mol. The number of halogens is 2. The Kier molecular flexibility index (Phi) is 7.19. The molecule has 0 radical (unpaired) electrons. The summed E-state index contributed by atoms with van der Waals surface area (Å²) in [6.07, 6.45) is 1.86. The Morgan fingerprint density at radius 2 is 1.88 bits per heavy atom. The smallest absolute Gasteiger partial charge is 0.335 e. The van der Waals surface area contributed by atoms with E-state index in [1.54, 1.807) is 11.0 Å². The molecule has 6 rings (SSSR count). The highest BCUT2D eigenvalue weighted by Crippen LogP contribution is 2.61. The first-order valence-electron chi connectivity index (χ1n) is 14.3. The molecule has 1 amide bonds. The number of rotatable bonds is 7. The maximum atomic E-state index is 14.7. The van der Waals surface area contributed by atoms with Gasteiger partial charge < -0.3 is 15.2 Å². The molecule has 2 fully saturated rings. The van der Waals surface area contributed by atoms with E-state index in [1.165, 1.54) is 24.8 Å². The molecule has 2 saturated heterocycles. The van der Waals surface area contributed by atoms with Crippen LogP contribution in [0.25, 0.3) is 0 Å². The van der Waals surface area contributed by atoms with Gasteiger partial charge in [0.25, 0.3) is 0 Å². The molecule has 2 N–H and O–H groups in total. The van der Waals surface area contributed by atoms with Gasteiger partial charge in [0.2, 0.25) is 5.91 Å². The summed E-state index contributed by atoms with van der Waals surface area (Å²) in [5.41, 5.74) is 3.45. The van der Waals surface area contributed by atoms with Crippen molar-refractivity contribution in [3.05, 3.63) is 87.4 Å². The predicted molar refractivity (Wildman–Crippen MR) is 166 cm³/mol. The van der Waals surface area contributed by atoms with E-state index in [0.717, 1.165) is 24.1 Å². The number of fused-ring (bicyclic) bond motifs is 3. The predicted octanol–water partition coefficient (Wildman–Crippen LogP) is 7.03. The summed E-state index contributed by atoms with van der Waals surface area (Å²) in [4.78, 5) is 30.4. The lowest BCUT2D eigenvalue weighted by Crippen LogP contribution is -2.49. The molecule has 0 bridgehead atoms. The van der Waals surface area contributed by atoms with Crippen LogP contribution in [0.5, 0.6) is 5.75 Å². The Morgan fingerprint density at radius 1 is 1.12 bits per heavy atom. The summed E-state index contributed by atoms with van der Waals surface area (Å²) < 4.78 is 5.61. The standard InChI is InChI=1S/C33H35Cl2N3O4/c1-5-32(2,3)16-27-33(17-36-24-15-22(35)10-11-23(24)33)28(19-7-6-8-21(34)13-19)29-30(39)37(18-38(27)29)25-12-9-20(31(40)41)14-26(25)42-4/h6-15,27-29,36H,5,16-18H2,1-4H3,(H,40,41)/t27-,28-,29+,33-/m0/s1. The number of nitrogens with one attached hydrogen (secondary N) is 1. The molecule has 4 atom stereocenters. The molecule has 7 nitrogen and oxygen atoms in total. The van der Waals surface area contributed by atoms with Crippen molar-refractivity contribution in [3.63, 3.8) is 0 Å². The summed E-state index contributed by atoms with van der Waals surface area (Å²) in [7, 11) is 1.49. The molecule has 3 aliphatic heterocycles. The van der Waals surface area contributed by atoms with Crippen LogP contribution < -0.4 is 15.0 Å². The number of methoxy groups -OCH3 is 1. The molecule has 3 aliphatic rings. The van der Waals surface area contributed by atoms with Crippen molar-refractivity contribution in [3.8, 4) is 5.75 Å². The minimum atomic E-state index is -1.05. The van der Waals surface area contributed by atoms with Crippen molar-refractivity contribution >= 4 is 46.5 Å². The fourth-order valence-electron chi connectivity index (χ4n) is 7.39. The first-order valence-corrected chi connectivity index (χ1v) is 15.0. The molecular weight excluding hydrogens is 573 g/mol. The zero-order valence-corrected chi connectivity index (χ0v) is 25.7. The van der Waals surface area contributed by atoms with Crippen molar-refractivity contribution < 1.29 is 19.4 Å². The Bertz CT molecular complexity index is 1580. The SMILES string of the molecule is CCC(C)(C)C[C@@H]1N2CN(c3ccc(C(=O)O)cc3OC)C(=O)[C@H]2[C@H](c2cccc(Cl)c2)[C@]12CNc1cc(Cl)ccc12. The first kappa shape index (κ1) is 28.8. The lowest BCUT2D eigenvalue weighted by Gasteiger charge is -2.42. The molecule has 1 spiro atoms. The Balaban J connectivity index is 1.55. The van der Waals surface area contributed by atoms with Crippen molar-refractivity contribution in [2.24, 2.45) is 5.41 Å². The van der Waals surface area contributed by atoms with E-state index in [0.29, 0.717) is 34.7 Å². The third-order valence-electron chi connectivity index (χ3n) is 9.73. The Morgan fingerprint density at radius 3 is 2.57 bits per heavy atom. The number of hydrogen-bond acceptors (Lipinski definition) is 5. The second-order valence-electron chi connectivity index (χ2n) is 12.4. The van der Waals surface area contributed by atoms with Crippen molar-refractivity contribution in [2.45, 2.75) is 57.0 Å². The van der Waals surface area contributed by atoms with E-state index >= 15 is 0 Å². The molecule has 0 saturated carbocycles. The number of benzene rings is 3. The van der Waals surface area contributed by atoms with E-state index in [2.05, 4.69) is 43.1 Å². The fourth-order valence-corrected chi connectivity index (χ4v) is 7.76. The van der Waals surface area contributed by atoms with Gasteiger partial charge in [-0.1, -0.05) is 68.6 Å². The molecule has 0 unspecified atom stereocenters. The van der Waals surface area contributed by atoms with Crippen LogP contribution in [0.4, 0.5) is 11.4 Å². The van der Waals surface area contributed by atoms with Crippen molar-refractivity contribution in [2.75, 3.05) is 30.5 Å². The highest BCUT2D eigenvalue weighted by molar-refractivity contribution is 6.31. The van der Waals surface area contributed by atoms with Crippen LogP contribution in [0.3, 0.4) is 0 Å². The first-order chi connectivity index (χ1) is 20.0. The van der Waals surface area contributed by atoms with E-state index < -0.39 is 17.4 Å². The number of hydrogen-bond donors (Lipinski definition) is 2. The molecule has 0 aliphatic carbocycles. The van der Waals surface area contributed by atoms with Gasteiger partial charge in [-0.05, 0) is 65.4 Å². The maximum Gasteiger partial charge on any atom is 0.335 e. The molecule has 3 aromatic carbocycles. The summed E-state index contributed by atoms with van der Waals surface area (Å²) in [5, 5.41) is 14.5. The number of carbonyl (C=O) groups excluding carboxylic acids is 1. The highest BCUT2D eigenvalue weighted by Gasteiger charge is 2.67. The maximum absolute atomic E-state index is 14.7. The zero-order chi connectivity index (χ0) is 30.0. The van der Waals surface area contributed by atoms with Crippen LogP contribution in [0.2, 0.25) is 10.0 Å².